The summed E-state index contributed by atoms with van der Waals surface area (Å²) in [6, 6.07) is 17.8. The Morgan fingerprint density at radius 3 is 2.55 bits per heavy atom. The van der Waals surface area contributed by atoms with Crippen molar-refractivity contribution in [2.75, 3.05) is 11.6 Å². The topological polar surface area (TPSA) is 64.3 Å². The summed E-state index contributed by atoms with van der Waals surface area (Å²) in [7, 11) is 0. The van der Waals surface area contributed by atoms with E-state index in [1.54, 1.807) is 4.52 Å². The number of hydrogen-bond donors (Lipinski definition) is 1. The number of nitrogens with one attached hydrogen (secondary N) is 1. The van der Waals surface area contributed by atoms with Crippen LogP contribution in [0.4, 0.5) is 5.95 Å². The summed E-state index contributed by atoms with van der Waals surface area (Å²) in [5.41, 5.74) is 2.99. The molecule has 7 heteroatoms. The average molecular weight is 406 g/mol. The lowest BCUT2D eigenvalue weighted by Gasteiger charge is -2.13. The van der Waals surface area contributed by atoms with Crippen molar-refractivity contribution in [1.82, 2.24) is 19.6 Å². The van der Waals surface area contributed by atoms with Crippen LogP contribution in [0.2, 0.25) is 0 Å². The number of benzene rings is 2. The highest BCUT2D eigenvalue weighted by molar-refractivity contribution is 7.98. The Morgan fingerprint density at radius 2 is 1.79 bits per heavy atom. The Morgan fingerprint density at radius 1 is 1.03 bits per heavy atom. The van der Waals surface area contributed by atoms with E-state index in [-0.39, 0.29) is 0 Å². The van der Waals surface area contributed by atoms with E-state index < -0.39 is 0 Å². The lowest BCUT2D eigenvalue weighted by Crippen LogP contribution is -2.10. The summed E-state index contributed by atoms with van der Waals surface area (Å²) >= 11 is 1.52. The second kappa shape index (κ2) is 8.53. The summed E-state index contributed by atoms with van der Waals surface area (Å²) in [4.78, 5) is 9.27. The average Bonchev–Trinajstić information content (AvgIpc) is 3.18. The van der Waals surface area contributed by atoms with Crippen LogP contribution in [0, 0.1) is 0 Å². The molecule has 0 unspecified atom stereocenters. The second-order valence-electron chi connectivity index (χ2n) is 6.90. The van der Waals surface area contributed by atoms with Gasteiger partial charge in [-0.25, -0.2) is 4.98 Å². The molecular weight excluding hydrogens is 382 g/mol. The van der Waals surface area contributed by atoms with Crippen molar-refractivity contribution in [3.05, 3.63) is 71.9 Å². The number of rotatable bonds is 7. The summed E-state index contributed by atoms with van der Waals surface area (Å²) in [5.74, 6) is 2.62. The molecule has 0 aliphatic carbocycles. The Hall–Kier alpha value is -3.06. The molecule has 0 atom stereocenters. The standard InChI is InChI=1S/C22H23N5OS/c1-15(2)18-14-24-27-20(18)25-22(29-3)26-21(27)23-13-16-9-7-8-12-19(16)28-17-10-5-4-6-11-17/h4-12,14-15H,13H2,1-3H3,(H,23,25,26). The first-order chi connectivity index (χ1) is 14.2. The highest BCUT2D eigenvalue weighted by atomic mass is 32.2. The molecule has 1 N–H and O–H groups in total. The van der Waals surface area contributed by atoms with Crippen molar-refractivity contribution >= 4 is 23.4 Å². The molecule has 29 heavy (non-hydrogen) atoms. The van der Waals surface area contributed by atoms with Gasteiger partial charge in [0.2, 0.25) is 5.95 Å². The lowest BCUT2D eigenvalue weighted by molar-refractivity contribution is 0.477. The van der Waals surface area contributed by atoms with Crippen molar-refractivity contribution in [2.24, 2.45) is 0 Å². The van der Waals surface area contributed by atoms with Crippen LogP contribution in [-0.4, -0.2) is 25.8 Å². The van der Waals surface area contributed by atoms with Gasteiger partial charge in [0.1, 0.15) is 11.5 Å². The molecule has 0 fully saturated rings. The Kier molecular flexibility index (Phi) is 5.67. The summed E-state index contributed by atoms with van der Waals surface area (Å²) < 4.78 is 7.84. The van der Waals surface area contributed by atoms with Crippen LogP contribution in [-0.2, 0) is 6.54 Å². The van der Waals surface area contributed by atoms with Gasteiger partial charge < -0.3 is 10.1 Å². The Balaban J connectivity index is 1.62. The number of anilines is 1. The molecule has 148 valence electrons. The van der Waals surface area contributed by atoms with E-state index >= 15 is 0 Å². The largest absolute Gasteiger partial charge is 0.457 e. The molecule has 6 nitrogen and oxygen atoms in total. The molecule has 0 radical (unpaired) electrons. The zero-order chi connectivity index (χ0) is 20.2. The van der Waals surface area contributed by atoms with Crippen LogP contribution in [0.15, 0.2) is 66.0 Å². The van der Waals surface area contributed by atoms with E-state index in [9.17, 15) is 0 Å². The second-order valence-corrected chi connectivity index (χ2v) is 7.67. The molecule has 4 rings (SSSR count). The monoisotopic (exact) mass is 405 g/mol. The summed E-state index contributed by atoms with van der Waals surface area (Å²) in [6.07, 6.45) is 3.85. The van der Waals surface area contributed by atoms with Gasteiger partial charge in [0.05, 0.1) is 6.20 Å². The lowest BCUT2D eigenvalue weighted by atomic mass is 10.1. The van der Waals surface area contributed by atoms with Gasteiger partial charge in [-0.2, -0.15) is 14.6 Å². The molecule has 2 aromatic carbocycles. The number of nitrogens with zero attached hydrogens (tertiary/aromatic N) is 4. The fourth-order valence-corrected chi connectivity index (χ4v) is 3.38. The van der Waals surface area contributed by atoms with Crippen molar-refractivity contribution in [2.45, 2.75) is 31.5 Å². The van der Waals surface area contributed by atoms with Gasteiger partial charge in [-0.3, -0.25) is 0 Å². The van der Waals surface area contributed by atoms with Crippen LogP contribution in [0.5, 0.6) is 11.5 Å². The van der Waals surface area contributed by atoms with Crippen molar-refractivity contribution < 1.29 is 4.74 Å². The quantitative estimate of drug-likeness (QED) is 0.417. The van der Waals surface area contributed by atoms with Crippen LogP contribution in [0.25, 0.3) is 5.65 Å². The maximum atomic E-state index is 6.07. The van der Waals surface area contributed by atoms with Crippen LogP contribution >= 0.6 is 11.8 Å². The van der Waals surface area contributed by atoms with Gasteiger partial charge in [0, 0.05) is 17.7 Å². The first-order valence-electron chi connectivity index (χ1n) is 9.50. The number of thioether (sulfide) groups is 1. The van der Waals surface area contributed by atoms with Crippen LogP contribution in [0.1, 0.15) is 30.9 Å². The molecule has 0 bridgehead atoms. The number of fused-ring (bicyclic) bond motifs is 1. The van der Waals surface area contributed by atoms with Gasteiger partial charge in [-0.05, 0) is 30.4 Å². The van der Waals surface area contributed by atoms with E-state index in [1.165, 1.54) is 11.8 Å². The smallest absolute Gasteiger partial charge is 0.228 e. The maximum Gasteiger partial charge on any atom is 0.228 e. The summed E-state index contributed by atoms with van der Waals surface area (Å²) in [5, 5.41) is 8.64. The minimum atomic E-state index is 0.338. The van der Waals surface area contributed by atoms with Gasteiger partial charge in [-0.15, -0.1) is 0 Å². The highest BCUT2D eigenvalue weighted by Crippen LogP contribution is 2.27. The third-order valence-corrected chi connectivity index (χ3v) is 5.11. The Bertz CT molecular complexity index is 1110. The maximum absolute atomic E-state index is 6.07. The van der Waals surface area contributed by atoms with Crippen molar-refractivity contribution in [3.63, 3.8) is 0 Å². The first-order valence-corrected chi connectivity index (χ1v) is 10.7. The molecule has 0 aliphatic heterocycles. The normalized spacial score (nSPS) is 11.2. The predicted octanol–water partition coefficient (Wildman–Crippen LogP) is 5.37. The molecule has 0 saturated carbocycles. The third-order valence-electron chi connectivity index (χ3n) is 4.56. The molecule has 0 saturated heterocycles. The Labute approximate surface area is 174 Å². The van der Waals surface area contributed by atoms with E-state index in [0.717, 1.165) is 33.4 Å². The minimum Gasteiger partial charge on any atom is -0.457 e. The van der Waals surface area contributed by atoms with E-state index in [2.05, 4.69) is 34.2 Å². The van der Waals surface area contributed by atoms with Gasteiger partial charge in [-0.1, -0.05) is 62.0 Å². The van der Waals surface area contributed by atoms with E-state index in [1.807, 2.05) is 67.0 Å². The molecule has 2 aromatic heterocycles. The molecule has 0 aliphatic rings. The zero-order valence-corrected chi connectivity index (χ0v) is 17.5. The molecular formula is C22H23N5OS. The van der Waals surface area contributed by atoms with Gasteiger partial charge >= 0.3 is 0 Å². The van der Waals surface area contributed by atoms with Gasteiger partial charge in [0.15, 0.2) is 10.8 Å². The van der Waals surface area contributed by atoms with Crippen molar-refractivity contribution in [1.29, 1.82) is 0 Å². The fraction of sp³-hybridized carbons (Fsp3) is 0.227. The number of aromatic nitrogens is 4. The molecule has 0 spiro atoms. The number of para-hydroxylation sites is 2. The molecule has 0 amide bonds. The highest BCUT2D eigenvalue weighted by Gasteiger charge is 2.15. The first kappa shape index (κ1) is 19.3. The third kappa shape index (κ3) is 4.19. The SMILES string of the molecule is CSc1nc(NCc2ccccc2Oc2ccccc2)n2ncc(C(C)C)c2n1. The fourth-order valence-electron chi connectivity index (χ4n) is 3.03. The van der Waals surface area contributed by atoms with E-state index in [0.29, 0.717) is 18.4 Å². The molecule has 2 heterocycles. The summed E-state index contributed by atoms with van der Waals surface area (Å²) in [6.45, 7) is 4.84. The zero-order valence-electron chi connectivity index (χ0n) is 16.7. The predicted molar refractivity (Wildman–Crippen MR) is 117 cm³/mol. The van der Waals surface area contributed by atoms with Crippen LogP contribution in [0.3, 0.4) is 0 Å². The minimum absolute atomic E-state index is 0.338. The molecule has 4 aromatic rings. The van der Waals surface area contributed by atoms with E-state index in [4.69, 9.17) is 4.74 Å². The number of ether oxygens (including phenoxy) is 1. The number of hydrogen-bond acceptors (Lipinski definition) is 6. The van der Waals surface area contributed by atoms with Crippen LogP contribution < -0.4 is 10.1 Å². The van der Waals surface area contributed by atoms with Crippen molar-refractivity contribution in [3.8, 4) is 11.5 Å². The van der Waals surface area contributed by atoms with Gasteiger partial charge in [0.25, 0.3) is 0 Å².